The number of aliphatic hydroxyl groups excluding tert-OH is 20. The lowest BCUT2D eigenvalue weighted by Crippen LogP contribution is -2.69. The van der Waals surface area contributed by atoms with Crippen molar-refractivity contribution in [2.45, 2.75) is 418 Å². The van der Waals surface area contributed by atoms with Crippen LogP contribution in [0.2, 0.25) is 0 Å². The zero-order valence-corrected chi connectivity index (χ0v) is 78.4. The van der Waals surface area contributed by atoms with Gasteiger partial charge < -0.3 is 202 Å². The van der Waals surface area contributed by atoms with Crippen molar-refractivity contribution in [2.75, 3.05) is 46.2 Å². The topological polar surface area (TPSA) is 679 Å². The first-order chi connectivity index (χ1) is 63.4. The maximum Gasteiger partial charge on any atom is 0.317 e. The van der Waals surface area contributed by atoms with E-state index in [0.717, 1.165) is 18.5 Å². The Morgan fingerprint density at radius 3 is 1.76 bits per heavy atom. The second kappa shape index (κ2) is 42.9. The van der Waals surface area contributed by atoms with Gasteiger partial charge in [0.25, 0.3) is 0 Å². The van der Waals surface area contributed by atoms with Crippen molar-refractivity contribution >= 4 is 24.2 Å². The molecule has 775 valence electrons. The number of allylic oxidation sites excluding steroid dienone is 2. The summed E-state index contributed by atoms with van der Waals surface area (Å²) >= 11 is 0. The van der Waals surface area contributed by atoms with Gasteiger partial charge in [0.2, 0.25) is 12.1 Å². The third-order valence-corrected chi connectivity index (χ3v) is 32.8. The van der Waals surface area contributed by atoms with Gasteiger partial charge in [0.15, 0.2) is 49.9 Å². The minimum atomic E-state index is -2.23. The Labute approximate surface area is 782 Å². The Morgan fingerprint density at radius 2 is 1.11 bits per heavy atom. The molecule has 44 heteroatoms. The fourth-order valence-corrected chi connectivity index (χ4v) is 23.8. The second-order valence-electron chi connectivity index (χ2n) is 42.1. The molecule has 0 spiro atoms. The number of carbonyl (C=O) groups excluding carboxylic acids is 4. The Balaban J connectivity index is 0.740. The first-order valence-electron chi connectivity index (χ1n) is 47.5. The minimum absolute atomic E-state index is 0.0131. The van der Waals surface area contributed by atoms with E-state index in [1.165, 1.54) is 13.8 Å². The quantitative estimate of drug-likeness (QED) is 0.00716. The molecular weight excluding hydrogens is 1800 g/mol. The van der Waals surface area contributed by atoms with Gasteiger partial charge in [-0.3, -0.25) is 14.4 Å². The standard InChI is InChI=1S/C91H147O44/c1-13-38(3)49(125-57(102)25-43(97)24-50(39(4)14-2)135-91(117)37-121-52(30-93)74(91)113)23-42(96)26-58(103)128-69-41(6)124-81(72(66(69)111)132-78-65(110)62(107)68(40(5)123-78)129-77-67(112)70(47(99)32-119-77)130-82-75(114)89(116,35-95)36-122-82)134-83(115)90-22-21-84(7,8)27-45(90)44-15-16-54-85(9)19-18-56(86(10,34-94)53(85)17-20-87(54,11)88(44,12)28-55(90)101)127-80-73(133-79-64(109)61(106)60(105)51(29-92)126-79)71(48(100)33-120-80)131-76-63(108)59(104)46(98)31-118-76/h15,33-34,38-43,45-56,59-82,92-93,95-101,104-114,116-117H,13-14,16-32,35-37H2,1-12H3/t38-,39-,40?,41?,42-,43-,45?,46-,47-,48-,49-,50-,51?,52+,53+,54?,55?,56-,59-,60-,61-,62?,63?,64?,65?,66?,67?,68-,69-,70?,71-,72?,73?,74?,75?,76-,77-,78-,79-,80-,81-,82+,85?,86+,87-,88+,89-,90+,91?/m0/s1. The predicted octanol–water partition coefficient (Wildman–Crippen LogP) is -4.98. The lowest BCUT2D eigenvalue weighted by Gasteiger charge is -2.71. The number of aldehydes is 1. The highest BCUT2D eigenvalue weighted by atomic mass is 16.8. The number of hydrogen-bond donors (Lipinski definition) is 22. The average Bonchev–Trinajstić information content (AvgIpc) is 1.24. The summed E-state index contributed by atoms with van der Waals surface area (Å²) in [4.78, 5) is 58.8. The minimum Gasteiger partial charge on any atom is -0.462 e. The Kier molecular flexibility index (Phi) is 34.5. The average molecular weight is 1950 g/mol. The molecule has 13 aliphatic rings. The van der Waals surface area contributed by atoms with Crippen LogP contribution in [0, 0.1) is 68.7 Å². The molecule has 8 heterocycles. The third kappa shape index (κ3) is 21.1. The first-order valence-corrected chi connectivity index (χ1v) is 47.5. The van der Waals surface area contributed by atoms with Crippen LogP contribution in [0.1, 0.15) is 179 Å². The van der Waals surface area contributed by atoms with Crippen LogP contribution in [0.25, 0.3) is 0 Å². The summed E-state index contributed by atoms with van der Waals surface area (Å²) < 4.78 is 108. The van der Waals surface area contributed by atoms with E-state index in [0.29, 0.717) is 51.4 Å². The molecule has 0 bridgehead atoms. The summed E-state index contributed by atoms with van der Waals surface area (Å²) in [6, 6.07) is 0. The normalized spacial score (nSPS) is 49.0. The van der Waals surface area contributed by atoms with Crippen LogP contribution in [-0.2, 0) is 104 Å². The van der Waals surface area contributed by atoms with E-state index in [1.54, 1.807) is 27.7 Å². The third-order valence-electron chi connectivity index (χ3n) is 32.8. The van der Waals surface area contributed by atoms with E-state index in [1.807, 2.05) is 6.92 Å². The summed E-state index contributed by atoms with van der Waals surface area (Å²) in [6.45, 7) is 18.5. The smallest absolute Gasteiger partial charge is 0.317 e. The lowest BCUT2D eigenvalue weighted by atomic mass is 9.33. The fraction of sp³-hybridized carbons (Fsp3) is 0.923. The van der Waals surface area contributed by atoms with Crippen molar-refractivity contribution in [1.82, 2.24) is 0 Å². The molecule has 4 saturated carbocycles. The van der Waals surface area contributed by atoms with E-state index in [2.05, 4.69) is 40.7 Å². The van der Waals surface area contributed by atoms with Crippen LogP contribution in [0.4, 0.5) is 0 Å². The summed E-state index contributed by atoms with van der Waals surface area (Å²) in [5.74, 6) is -7.50. The van der Waals surface area contributed by atoms with Gasteiger partial charge in [-0.25, -0.2) is 0 Å². The molecule has 0 aromatic heterocycles. The number of hydrogen-bond acceptors (Lipinski definition) is 44. The molecule has 8 saturated heterocycles. The molecule has 22 N–H and O–H groups in total. The van der Waals surface area contributed by atoms with E-state index in [9.17, 15) is 127 Å². The Hall–Kier alpha value is -3.66. The number of carbonyl (C=O) groups is 4. The van der Waals surface area contributed by atoms with Crippen LogP contribution in [0.15, 0.2) is 11.6 Å². The van der Waals surface area contributed by atoms with Gasteiger partial charge >= 0.3 is 17.9 Å². The summed E-state index contributed by atoms with van der Waals surface area (Å²) in [5.41, 5.74) is -7.20. The largest absolute Gasteiger partial charge is 0.462 e. The first kappa shape index (κ1) is 109. The monoisotopic (exact) mass is 1940 g/mol. The van der Waals surface area contributed by atoms with Gasteiger partial charge in [-0.2, -0.15) is 0 Å². The molecule has 19 unspecified atom stereocenters. The Morgan fingerprint density at radius 1 is 0.526 bits per heavy atom. The maximum atomic E-state index is 16.3. The van der Waals surface area contributed by atoms with E-state index < -0.39 is 366 Å². The molecule has 12 fully saturated rings. The van der Waals surface area contributed by atoms with Crippen molar-refractivity contribution < 1.29 is 217 Å². The maximum absolute atomic E-state index is 16.3. The molecule has 0 aromatic rings. The number of aliphatic hydroxyl groups is 22. The highest BCUT2D eigenvalue weighted by molar-refractivity contribution is 5.80. The molecule has 49 atom stereocenters. The van der Waals surface area contributed by atoms with Gasteiger partial charge in [0.1, 0.15) is 159 Å². The van der Waals surface area contributed by atoms with Gasteiger partial charge in [-0.05, 0) is 123 Å². The molecule has 8 aliphatic heterocycles. The zero-order chi connectivity index (χ0) is 99.0. The van der Waals surface area contributed by atoms with Crippen molar-refractivity contribution in [3.63, 3.8) is 0 Å². The summed E-state index contributed by atoms with van der Waals surface area (Å²) in [7, 11) is 0. The fourth-order valence-electron chi connectivity index (χ4n) is 23.8. The molecule has 5 aliphatic carbocycles. The second-order valence-corrected chi connectivity index (χ2v) is 42.1. The van der Waals surface area contributed by atoms with E-state index >= 15 is 4.79 Å². The van der Waals surface area contributed by atoms with Crippen LogP contribution in [0.5, 0.6) is 0 Å². The van der Waals surface area contributed by atoms with Crippen molar-refractivity contribution in [2.24, 2.45) is 62.1 Å². The van der Waals surface area contributed by atoms with Crippen LogP contribution in [-0.4, -0.2) is 421 Å². The SMILES string of the molecule is CC[C@H](C)[C@H](C[C@H](O)CC(=O)O[C@H]1C(C)O[C@@H](OC(=O)[C@]23CCC(C)(C)CC2C2=CCC4C5(C)CC[C@H](O[C@@H]6O[CH][C@H](O)[C@H](O[C@@H]7OC[C@H](O)[C@H](O)C7O)C6O[C@@H]6OC(CO)[C@H](O)[C@H](O)C6O)[C@](C)(C=O)[C@@H]5CC[C@]4(C)[C@]2(C)CC3O)C(O[C@@H]2OC(C)[C@H](O[C@@H]3OC[C@H](O)C(O[C@H]4OC[C@@](O)(CO)C4O)C3O)C(O)C2O)C1O)OC(=O)C[C@@H](O)C[C@H](OC1(O)CO[C@H](CO)C1O)[C@@H](C)CC. The van der Waals surface area contributed by atoms with Gasteiger partial charge in [0.05, 0.1) is 101 Å². The predicted molar refractivity (Wildman–Crippen MR) is 451 cm³/mol. The number of ether oxygens (including phenoxy) is 18. The molecular formula is C91H147O44. The molecule has 0 amide bonds. The highest BCUT2D eigenvalue weighted by Gasteiger charge is 2.74. The number of rotatable bonds is 34. The van der Waals surface area contributed by atoms with E-state index in [-0.39, 0.29) is 43.9 Å². The summed E-state index contributed by atoms with van der Waals surface area (Å²) in [5, 5.41) is 246. The molecule has 1 radical (unpaired) electrons. The molecule has 0 aromatic carbocycles. The van der Waals surface area contributed by atoms with E-state index in [4.69, 9.17) is 85.3 Å². The van der Waals surface area contributed by atoms with Crippen LogP contribution < -0.4 is 0 Å². The van der Waals surface area contributed by atoms with Crippen molar-refractivity contribution in [1.29, 1.82) is 0 Å². The van der Waals surface area contributed by atoms with Gasteiger partial charge in [-0.1, -0.05) is 93.7 Å². The van der Waals surface area contributed by atoms with Crippen molar-refractivity contribution in [3.05, 3.63) is 18.3 Å². The van der Waals surface area contributed by atoms with Crippen LogP contribution >= 0.6 is 0 Å². The van der Waals surface area contributed by atoms with Crippen molar-refractivity contribution in [3.8, 4) is 0 Å². The van der Waals surface area contributed by atoms with Crippen LogP contribution in [0.3, 0.4) is 0 Å². The molecule has 135 heavy (non-hydrogen) atoms. The molecule has 13 rings (SSSR count). The number of esters is 3. The van der Waals surface area contributed by atoms with Gasteiger partial charge in [-0.15, -0.1) is 0 Å². The summed E-state index contributed by atoms with van der Waals surface area (Å²) in [6.07, 6.45) is -57.9. The molecule has 44 nitrogen and oxygen atoms in total. The number of fused-ring (bicyclic) bond motifs is 7. The zero-order valence-electron chi connectivity index (χ0n) is 78.4. The highest BCUT2D eigenvalue weighted by Crippen LogP contribution is 2.76. The van der Waals surface area contributed by atoms with Gasteiger partial charge in [0, 0.05) is 12.8 Å². The Bertz CT molecular complexity index is 3970. The lowest BCUT2D eigenvalue weighted by molar-refractivity contribution is -0.377.